The zero-order valence-electron chi connectivity index (χ0n) is 18.0. The number of ether oxygens (including phenoxy) is 1. The van der Waals surface area contributed by atoms with Crippen LogP contribution in [0.25, 0.3) is 5.65 Å². The Morgan fingerprint density at radius 3 is 2.73 bits per heavy atom. The van der Waals surface area contributed by atoms with Crippen LogP contribution in [0.5, 0.6) is 0 Å². The van der Waals surface area contributed by atoms with Crippen LogP contribution in [0.15, 0.2) is 60.9 Å². The second kappa shape index (κ2) is 8.71. The molecule has 1 fully saturated rings. The van der Waals surface area contributed by atoms with Gasteiger partial charge in [0.05, 0.1) is 18.8 Å². The number of carbonyl (C=O) groups is 1. The van der Waals surface area contributed by atoms with E-state index in [1.807, 2.05) is 29.7 Å². The van der Waals surface area contributed by atoms with Gasteiger partial charge in [-0.1, -0.05) is 12.1 Å². The third-order valence-electron chi connectivity index (χ3n) is 5.77. The van der Waals surface area contributed by atoms with E-state index >= 15 is 0 Å². The zero-order chi connectivity index (χ0) is 22.9. The van der Waals surface area contributed by atoms with Gasteiger partial charge in [-0.05, 0) is 48.9 Å². The highest BCUT2D eigenvalue weighted by atomic mass is 19.1. The molecule has 0 aliphatic carbocycles. The van der Waals surface area contributed by atoms with E-state index in [4.69, 9.17) is 4.74 Å². The summed E-state index contributed by atoms with van der Waals surface area (Å²) >= 11 is 0. The topological polar surface area (TPSA) is 59.7 Å². The molecule has 4 heterocycles. The first kappa shape index (κ1) is 21.2. The number of halogens is 2. The predicted octanol–water partition coefficient (Wildman–Crippen LogP) is 4.12. The Morgan fingerprint density at radius 2 is 1.91 bits per heavy atom. The fraction of sp³-hybridized carbons (Fsp3) is 0.240. The molecule has 1 atom stereocenters. The van der Waals surface area contributed by atoms with Crippen LogP contribution in [0.3, 0.4) is 0 Å². The van der Waals surface area contributed by atoms with Gasteiger partial charge in [0.2, 0.25) is 0 Å². The molecule has 1 saturated heterocycles. The number of hydrogen-bond acceptors (Lipinski definition) is 4. The maximum absolute atomic E-state index is 14.0. The fourth-order valence-corrected chi connectivity index (χ4v) is 4.02. The molecule has 1 aromatic carbocycles. The highest BCUT2D eigenvalue weighted by Crippen LogP contribution is 2.24. The van der Waals surface area contributed by atoms with Crippen LogP contribution >= 0.6 is 0 Å². The van der Waals surface area contributed by atoms with Crippen LogP contribution < -0.4 is 0 Å². The van der Waals surface area contributed by atoms with Crippen molar-refractivity contribution in [3.05, 3.63) is 101 Å². The quantitative estimate of drug-likeness (QED) is 0.471. The number of nitrogens with zero attached hydrogens (tertiary/aromatic N) is 4. The molecule has 3 aromatic heterocycles. The summed E-state index contributed by atoms with van der Waals surface area (Å²) in [5.41, 5.74) is 3.29. The Kier molecular flexibility index (Phi) is 5.60. The van der Waals surface area contributed by atoms with Gasteiger partial charge in [0, 0.05) is 36.6 Å². The SMILES string of the molecule is Cc1ccn2cc(C(=O)N3CCO[C@H](c4cccc(Cc5c(F)cccc5F)n4)C3)nc2c1. The highest BCUT2D eigenvalue weighted by Gasteiger charge is 2.28. The molecule has 1 amide bonds. The monoisotopic (exact) mass is 448 g/mol. The Balaban J connectivity index is 1.34. The van der Waals surface area contributed by atoms with Crippen LogP contribution in [-0.2, 0) is 11.2 Å². The lowest BCUT2D eigenvalue weighted by atomic mass is 10.1. The Hall–Kier alpha value is -3.65. The van der Waals surface area contributed by atoms with E-state index in [-0.39, 0.29) is 17.9 Å². The lowest BCUT2D eigenvalue weighted by molar-refractivity contribution is -0.0249. The third-order valence-corrected chi connectivity index (χ3v) is 5.77. The summed E-state index contributed by atoms with van der Waals surface area (Å²) < 4.78 is 35.8. The van der Waals surface area contributed by atoms with E-state index in [0.717, 1.165) is 11.2 Å². The third kappa shape index (κ3) is 4.34. The second-order valence-electron chi connectivity index (χ2n) is 8.14. The van der Waals surface area contributed by atoms with Gasteiger partial charge in [-0.25, -0.2) is 13.8 Å². The number of morpholine rings is 1. The fourth-order valence-electron chi connectivity index (χ4n) is 4.02. The summed E-state index contributed by atoms with van der Waals surface area (Å²) in [6, 6.07) is 13.0. The van der Waals surface area contributed by atoms with Crippen LogP contribution in [-0.4, -0.2) is 44.9 Å². The molecule has 1 aliphatic heterocycles. The molecule has 5 rings (SSSR count). The first-order chi connectivity index (χ1) is 16.0. The summed E-state index contributed by atoms with van der Waals surface area (Å²) in [5, 5.41) is 0. The number of aryl methyl sites for hydroxylation is 1. The van der Waals surface area contributed by atoms with Gasteiger partial charge in [0.15, 0.2) is 0 Å². The summed E-state index contributed by atoms with van der Waals surface area (Å²) in [5.74, 6) is -1.37. The molecule has 8 heteroatoms. The number of carbonyl (C=O) groups excluding carboxylic acids is 1. The van der Waals surface area contributed by atoms with E-state index in [2.05, 4.69) is 9.97 Å². The van der Waals surface area contributed by atoms with Gasteiger partial charge in [0.1, 0.15) is 29.1 Å². The van der Waals surface area contributed by atoms with Crippen molar-refractivity contribution in [1.29, 1.82) is 0 Å². The minimum atomic E-state index is -0.601. The molecule has 168 valence electrons. The highest BCUT2D eigenvalue weighted by molar-refractivity contribution is 5.93. The average molecular weight is 448 g/mol. The molecular weight excluding hydrogens is 426 g/mol. The molecule has 4 aromatic rings. The van der Waals surface area contributed by atoms with Crippen LogP contribution in [0.1, 0.15) is 39.1 Å². The first-order valence-corrected chi connectivity index (χ1v) is 10.7. The van der Waals surface area contributed by atoms with Gasteiger partial charge in [-0.3, -0.25) is 9.78 Å². The van der Waals surface area contributed by atoms with Gasteiger partial charge in [-0.15, -0.1) is 0 Å². The Bertz CT molecular complexity index is 1320. The van der Waals surface area contributed by atoms with Crippen molar-refractivity contribution < 1.29 is 18.3 Å². The van der Waals surface area contributed by atoms with Crippen molar-refractivity contribution >= 4 is 11.6 Å². The molecule has 1 aliphatic rings. The summed E-state index contributed by atoms with van der Waals surface area (Å²) in [7, 11) is 0. The van der Waals surface area contributed by atoms with Gasteiger partial charge in [-0.2, -0.15) is 0 Å². The van der Waals surface area contributed by atoms with Crippen molar-refractivity contribution in [2.75, 3.05) is 19.7 Å². The second-order valence-corrected chi connectivity index (χ2v) is 8.14. The van der Waals surface area contributed by atoms with E-state index in [1.165, 1.54) is 18.2 Å². The molecule has 0 spiro atoms. The van der Waals surface area contributed by atoms with E-state index in [1.54, 1.807) is 29.3 Å². The van der Waals surface area contributed by atoms with Gasteiger partial charge >= 0.3 is 0 Å². The van der Waals surface area contributed by atoms with Crippen molar-refractivity contribution in [2.24, 2.45) is 0 Å². The standard InChI is InChI=1S/C25H22F2N4O2/c1-16-8-9-30-14-22(29-24(30)12-16)25(32)31-10-11-33-23(15-31)21-7-2-4-17(28-21)13-18-19(26)5-3-6-20(18)27/h2-9,12,14,23H,10-11,13,15H2,1H3/t23-/m0/s1. The molecule has 0 unspecified atom stereocenters. The molecular formula is C25H22F2N4O2. The lowest BCUT2D eigenvalue weighted by Crippen LogP contribution is -2.42. The van der Waals surface area contributed by atoms with E-state index < -0.39 is 17.7 Å². The first-order valence-electron chi connectivity index (χ1n) is 10.7. The van der Waals surface area contributed by atoms with Crippen molar-refractivity contribution in [1.82, 2.24) is 19.3 Å². The number of benzene rings is 1. The maximum atomic E-state index is 14.0. The van der Waals surface area contributed by atoms with Crippen molar-refractivity contribution in [2.45, 2.75) is 19.4 Å². The minimum absolute atomic E-state index is 0.0226. The molecule has 0 N–H and O–H groups in total. The lowest BCUT2D eigenvalue weighted by Gasteiger charge is -2.32. The van der Waals surface area contributed by atoms with Crippen LogP contribution in [0, 0.1) is 18.6 Å². The summed E-state index contributed by atoms with van der Waals surface area (Å²) in [4.78, 5) is 23.8. The zero-order valence-corrected chi connectivity index (χ0v) is 18.0. The molecule has 0 bridgehead atoms. The Labute approximate surface area is 189 Å². The van der Waals surface area contributed by atoms with Crippen LogP contribution in [0.4, 0.5) is 8.78 Å². The summed E-state index contributed by atoms with van der Waals surface area (Å²) in [6.45, 7) is 3.10. The number of imidazole rings is 1. The molecule has 6 nitrogen and oxygen atoms in total. The molecule has 0 saturated carbocycles. The Morgan fingerprint density at radius 1 is 1.12 bits per heavy atom. The largest absolute Gasteiger partial charge is 0.368 e. The van der Waals surface area contributed by atoms with Gasteiger partial charge in [0.25, 0.3) is 5.91 Å². The minimum Gasteiger partial charge on any atom is -0.368 e. The number of hydrogen-bond donors (Lipinski definition) is 0. The molecule has 33 heavy (non-hydrogen) atoms. The van der Waals surface area contributed by atoms with E-state index in [9.17, 15) is 13.6 Å². The average Bonchev–Trinajstić information content (AvgIpc) is 3.24. The predicted molar refractivity (Wildman–Crippen MR) is 118 cm³/mol. The normalized spacial score (nSPS) is 16.3. The van der Waals surface area contributed by atoms with Crippen molar-refractivity contribution in [3.63, 3.8) is 0 Å². The number of aromatic nitrogens is 3. The molecule has 0 radical (unpaired) electrons. The van der Waals surface area contributed by atoms with Gasteiger partial charge < -0.3 is 14.0 Å². The number of fused-ring (bicyclic) bond motifs is 1. The van der Waals surface area contributed by atoms with Crippen LogP contribution in [0.2, 0.25) is 0 Å². The maximum Gasteiger partial charge on any atom is 0.274 e. The number of rotatable bonds is 4. The van der Waals surface area contributed by atoms with E-state index in [0.29, 0.717) is 36.8 Å². The van der Waals surface area contributed by atoms with Crippen molar-refractivity contribution in [3.8, 4) is 0 Å². The summed E-state index contributed by atoms with van der Waals surface area (Å²) in [6.07, 6.45) is 3.20. The number of pyridine rings is 2. The number of amides is 1. The smallest absolute Gasteiger partial charge is 0.274 e.